The van der Waals surface area contributed by atoms with E-state index in [2.05, 4.69) is 11.6 Å². The van der Waals surface area contributed by atoms with Crippen LogP contribution >= 0.6 is 11.3 Å². The molecule has 0 bridgehead atoms. The number of rotatable bonds is 5. The van der Waals surface area contributed by atoms with Crippen molar-refractivity contribution in [3.8, 4) is 0 Å². The van der Waals surface area contributed by atoms with E-state index in [4.69, 9.17) is 0 Å². The molecule has 1 aliphatic heterocycles. The molecule has 0 saturated carbocycles. The summed E-state index contributed by atoms with van der Waals surface area (Å²) in [6.45, 7) is 7.49. The molecule has 1 aliphatic rings. The number of hydrogen-bond donors (Lipinski definition) is 0. The van der Waals surface area contributed by atoms with Gasteiger partial charge in [0, 0.05) is 25.2 Å². The molecule has 1 fully saturated rings. The number of para-hydroxylation sites is 1. The average Bonchev–Trinajstić information content (AvgIpc) is 3.13. The topological polar surface area (TPSA) is 71.7 Å². The Kier molecular flexibility index (Phi) is 6.22. The number of aromatic nitrogens is 1. The van der Waals surface area contributed by atoms with Gasteiger partial charge < -0.3 is 4.57 Å². The molecule has 0 atom stereocenters. The lowest BCUT2D eigenvalue weighted by molar-refractivity contribution is 0.0997. The number of hydrogen-bond acceptors (Lipinski definition) is 4. The van der Waals surface area contributed by atoms with Crippen LogP contribution in [-0.2, 0) is 16.6 Å². The lowest BCUT2D eigenvalue weighted by Gasteiger charge is -2.25. The molecule has 2 aromatic carbocycles. The molecule has 8 heteroatoms. The largest absolute Gasteiger partial charge is 0.312 e. The molecular formula is C23H25N3O3S2. The van der Waals surface area contributed by atoms with Crippen molar-refractivity contribution in [1.29, 1.82) is 0 Å². The van der Waals surface area contributed by atoms with Crippen molar-refractivity contribution in [1.82, 2.24) is 8.87 Å². The zero-order chi connectivity index (χ0) is 22.0. The molecule has 31 heavy (non-hydrogen) atoms. The summed E-state index contributed by atoms with van der Waals surface area (Å²) < 4.78 is 30.2. The normalized spacial score (nSPS) is 16.0. The Morgan fingerprint density at radius 3 is 2.52 bits per heavy atom. The van der Waals surface area contributed by atoms with E-state index in [0.29, 0.717) is 30.0 Å². The first-order chi connectivity index (χ1) is 14.9. The maximum Gasteiger partial charge on any atom is 0.279 e. The molecule has 0 unspecified atom stereocenters. The van der Waals surface area contributed by atoms with Gasteiger partial charge in [-0.1, -0.05) is 36.0 Å². The Hall–Kier alpha value is -2.55. The van der Waals surface area contributed by atoms with E-state index in [1.54, 1.807) is 18.2 Å². The summed E-state index contributed by atoms with van der Waals surface area (Å²) in [5, 5.41) is 0. The van der Waals surface area contributed by atoms with Gasteiger partial charge in [-0.25, -0.2) is 8.42 Å². The minimum Gasteiger partial charge on any atom is -0.312 e. The first-order valence-corrected chi connectivity index (χ1v) is 12.6. The predicted octanol–water partition coefficient (Wildman–Crippen LogP) is 4.11. The van der Waals surface area contributed by atoms with E-state index in [1.807, 2.05) is 29.7 Å². The average molecular weight is 456 g/mol. The van der Waals surface area contributed by atoms with Gasteiger partial charge in [0.2, 0.25) is 10.0 Å². The summed E-state index contributed by atoms with van der Waals surface area (Å²) in [5.74, 6) is -0.399. The van der Waals surface area contributed by atoms with Gasteiger partial charge in [0.1, 0.15) is 0 Å². The molecule has 1 amide bonds. The molecule has 4 rings (SSSR count). The fourth-order valence-electron chi connectivity index (χ4n) is 3.87. The van der Waals surface area contributed by atoms with E-state index in [9.17, 15) is 13.2 Å². The van der Waals surface area contributed by atoms with Gasteiger partial charge in [-0.2, -0.15) is 9.30 Å². The Morgan fingerprint density at radius 1 is 1.13 bits per heavy atom. The van der Waals surface area contributed by atoms with Crippen LogP contribution in [0.25, 0.3) is 10.2 Å². The second kappa shape index (κ2) is 8.90. The molecule has 0 spiro atoms. The number of aryl methyl sites for hydroxylation is 1. The fourth-order valence-corrected chi connectivity index (χ4v) is 6.50. The van der Waals surface area contributed by atoms with Crippen LogP contribution < -0.4 is 4.80 Å². The van der Waals surface area contributed by atoms with Crippen molar-refractivity contribution in [3.63, 3.8) is 0 Å². The van der Waals surface area contributed by atoms with Gasteiger partial charge in [0.15, 0.2) is 4.80 Å². The van der Waals surface area contributed by atoms with Gasteiger partial charge in [0.05, 0.1) is 15.1 Å². The summed E-state index contributed by atoms with van der Waals surface area (Å²) in [4.78, 5) is 18.0. The van der Waals surface area contributed by atoms with Gasteiger partial charge in [-0.15, -0.1) is 6.58 Å². The number of carbonyl (C=O) groups is 1. The van der Waals surface area contributed by atoms with Crippen LogP contribution in [-0.4, -0.2) is 36.3 Å². The van der Waals surface area contributed by atoms with Gasteiger partial charge in [0.25, 0.3) is 5.91 Å². The molecule has 0 N–H and O–H groups in total. The van der Waals surface area contributed by atoms with Crippen LogP contribution in [0.15, 0.2) is 65.0 Å². The summed E-state index contributed by atoms with van der Waals surface area (Å²) in [6, 6.07) is 12.1. The maximum absolute atomic E-state index is 12.8. The smallest absolute Gasteiger partial charge is 0.279 e. The molecule has 1 aromatic heterocycles. The number of sulfonamides is 1. The number of amides is 1. The van der Waals surface area contributed by atoms with Crippen LogP contribution in [0.2, 0.25) is 0 Å². The molecule has 6 nitrogen and oxygen atoms in total. The third-order valence-corrected chi connectivity index (χ3v) is 8.42. The standard InChI is InChI=1S/C23H25N3O3S2/c1-3-14-26-21-17(2)8-7-9-20(21)30-23(26)24-22(27)18-10-12-19(13-11-18)31(28,29)25-15-5-4-6-16-25/h3,7-13H,1,4-6,14-16H2,2H3. The monoisotopic (exact) mass is 455 g/mol. The molecule has 1 saturated heterocycles. The lowest BCUT2D eigenvalue weighted by Crippen LogP contribution is -2.35. The minimum absolute atomic E-state index is 0.213. The van der Waals surface area contributed by atoms with Crippen LogP contribution in [0.3, 0.4) is 0 Å². The lowest BCUT2D eigenvalue weighted by atomic mass is 10.2. The fraction of sp³-hybridized carbons (Fsp3) is 0.304. The van der Waals surface area contributed by atoms with Crippen molar-refractivity contribution in [2.24, 2.45) is 4.99 Å². The van der Waals surface area contributed by atoms with E-state index in [0.717, 1.165) is 35.0 Å². The Balaban J connectivity index is 1.66. The number of piperidine rings is 1. The van der Waals surface area contributed by atoms with Crippen molar-refractivity contribution in [2.75, 3.05) is 13.1 Å². The highest BCUT2D eigenvalue weighted by Crippen LogP contribution is 2.22. The van der Waals surface area contributed by atoms with Gasteiger partial charge in [-0.3, -0.25) is 4.79 Å². The Morgan fingerprint density at radius 2 is 1.84 bits per heavy atom. The zero-order valence-electron chi connectivity index (χ0n) is 17.5. The number of allylic oxidation sites excluding steroid dienone is 1. The molecule has 2 heterocycles. The van der Waals surface area contributed by atoms with E-state index < -0.39 is 15.9 Å². The Labute approximate surface area is 186 Å². The van der Waals surface area contributed by atoms with Crippen molar-refractivity contribution >= 4 is 37.5 Å². The summed E-state index contributed by atoms with van der Waals surface area (Å²) in [6.07, 6.45) is 4.61. The maximum atomic E-state index is 12.8. The van der Waals surface area contributed by atoms with Crippen LogP contribution in [0, 0.1) is 6.92 Å². The third-order valence-electron chi connectivity index (χ3n) is 5.47. The van der Waals surface area contributed by atoms with E-state index in [-0.39, 0.29) is 4.90 Å². The zero-order valence-corrected chi connectivity index (χ0v) is 19.1. The second-order valence-electron chi connectivity index (χ2n) is 7.61. The molecular weight excluding hydrogens is 430 g/mol. The van der Waals surface area contributed by atoms with Crippen molar-refractivity contribution < 1.29 is 13.2 Å². The van der Waals surface area contributed by atoms with Crippen molar-refractivity contribution in [2.45, 2.75) is 37.6 Å². The highest BCUT2D eigenvalue weighted by molar-refractivity contribution is 7.89. The van der Waals surface area contributed by atoms with Crippen LogP contribution in [0.5, 0.6) is 0 Å². The quantitative estimate of drug-likeness (QED) is 0.544. The first-order valence-electron chi connectivity index (χ1n) is 10.3. The van der Waals surface area contributed by atoms with Crippen LogP contribution in [0.4, 0.5) is 0 Å². The molecule has 3 aromatic rings. The third kappa shape index (κ3) is 4.28. The Bertz CT molecular complexity index is 1300. The number of fused-ring (bicyclic) bond motifs is 1. The predicted molar refractivity (Wildman–Crippen MR) is 124 cm³/mol. The molecule has 162 valence electrons. The van der Waals surface area contributed by atoms with Gasteiger partial charge in [-0.05, 0) is 55.7 Å². The summed E-state index contributed by atoms with van der Waals surface area (Å²) in [5.41, 5.74) is 2.51. The van der Waals surface area contributed by atoms with E-state index >= 15 is 0 Å². The highest BCUT2D eigenvalue weighted by atomic mass is 32.2. The van der Waals surface area contributed by atoms with Gasteiger partial charge >= 0.3 is 0 Å². The second-order valence-corrected chi connectivity index (χ2v) is 10.6. The minimum atomic E-state index is -3.52. The number of benzene rings is 2. The first kappa shape index (κ1) is 21.7. The number of nitrogens with zero attached hydrogens (tertiary/aromatic N) is 3. The highest BCUT2D eigenvalue weighted by Gasteiger charge is 2.26. The van der Waals surface area contributed by atoms with E-state index in [1.165, 1.54) is 27.8 Å². The summed E-state index contributed by atoms with van der Waals surface area (Å²) >= 11 is 1.45. The number of thiazole rings is 1. The summed E-state index contributed by atoms with van der Waals surface area (Å²) in [7, 11) is -3.52. The van der Waals surface area contributed by atoms with Crippen molar-refractivity contribution in [3.05, 3.63) is 71.0 Å². The number of carbonyl (C=O) groups excluding carboxylic acids is 1. The van der Waals surface area contributed by atoms with Crippen LogP contribution in [0.1, 0.15) is 35.2 Å². The molecule has 0 aliphatic carbocycles. The SMILES string of the molecule is C=CCn1c(=NC(=O)c2ccc(S(=O)(=O)N3CCCCC3)cc2)sc2cccc(C)c21. The molecule has 0 radical (unpaired) electrons.